The Hall–Kier alpha value is -2.09. The highest BCUT2D eigenvalue weighted by atomic mass is 16.5. The fraction of sp³-hybridized carbons (Fsp3) is 0.133. The molecule has 2 rings (SSSR count). The molecule has 0 bridgehead atoms. The van der Waals surface area contributed by atoms with E-state index in [0.29, 0.717) is 11.3 Å². The molecule has 86 valence electrons. The molecule has 0 aromatic heterocycles. The first-order valence-electron chi connectivity index (χ1n) is 5.47. The van der Waals surface area contributed by atoms with Crippen LogP contribution in [0.2, 0.25) is 0 Å². The Morgan fingerprint density at radius 3 is 2.24 bits per heavy atom. The van der Waals surface area contributed by atoms with E-state index >= 15 is 0 Å². The number of methoxy groups -OCH3 is 1. The van der Waals surface area contributed by atoms with Crippen molar-refractivity contribution in [2.45, 2.75) is 6.92 Å². The maximum atomic E-state index is 12.2. The quantitative estimate of drug-likeness (QED) is 0.786. The average molecular weight is 226 g/mol. The average Bonchev–Trinajstić information content (AvgIpc) is 2.52. The third-order valence-electron chi connectivity index (χ3n) is 2.67. The van der Waals surface area contributed by atoms with Gasteiger partial charge < -0.3 is 4.74 Å². The Bertz CT molecular complexity index is 571. The predicted octanol–water partition coefficient (Wildman–Crippen LogP) is 3.03. The molecule has 0 unspecified atom stereocenters. The summed E-state index contributed by atoms with van der Waals surface area (Å²) in [6.45, 7) is 2.02. The van der Waals surface area contributed by atoms with Gasteiger partial charge in [0.15, 0.2) is 5.75 Å². The van der Waals surface area contributed by atoms with Crippen molar-refractivity contribution in [3.05, 3.63) is 64.3 Å². The molecule has 17 heavy (non-hydrogen) atoms. The van der Waals surface area contributed by atoms with Crippen LogP contribution in [0.15, 0.2) is 53.3 Å². The molecule has 2 nitrogen and oxygen atoms in total. The van der Waals surface area contributed by atoms with Gasteiger partial charge in [-0.3, -0.25) is 4.79 Å². The van der Waals surface area contributed by atoms with Crippen molar-refractivity contribution in [2.24, 2.45) is 0 Å². The monoisotopic (exact) mass is 226 g/mol. The molecule has 0 amide bonds. The second kappa shape index (κ2) is 4.83. The summed E-state index contributed by atoms with van der Waals surface area (Å²) < 4.78 is 5.08. The van der Waals surface area contributed by atoms with Crippen molar-refractivity contribution in [1.82, 2.24) is 0 Å². The molecular weight excluding hydrogens is 212 g/mol. The summed E-state index contributed by atoms with van der Waals surface area (Å²) in [7, 11) is 1.51. The lowest BCUT2D eigenvalue weighted by molar-refractivity contribution is 0.411. The van der Waals surface area contributed by atoms with E-state index in [-0.39, 0.29) is 5.43 Å². The summed E-state index contributed by atoms with van der Waals surface area (Å²) >= 11 is 0. The molecule has 0 atom stereocenters. The van der Waals surface area contributed by atoms with E-state index in [4.69, 9.17) is 4.74 Å². The first kappa shape index (κ1) is 11.4. The summed E-state index contributed by atoms with van der Waals surface area (Å²) in [5.41, 5.74) is 2.66. The minimum atomic E-state index is -0.0821. The molecule has 2 heteroatoms. The second-order valence-electron chi connectivity index (χ2n) is 3.90. The van der Waals surface area contributed by atoms with Crippen LogP contribution in [0, 0.1) is 6.92 Å². The molecule has 0 heterocycles. The van der Waals surface area contributed by atoms with Gasteiger partial charge in [0.1, 0.15) is 0 Å². The highest BCUT2D eigenvalue weighted by Crippen LogP contribution is 2.17. The maximum absolute atomic E-state index is 12.2. The van der Waals surface area contributed by atoms with Crippen LogP contribution in [0.25, 0.3) is 11.1 Å². The SMILES string of the molecule is COc1ccccc(-c2ccc(C)cc2)c1=O. The van der Waals surface area contributed by atoms with Crippen LogP contribution in [-0.4, -0.2) is 7.11 Å². The minimum absolute atomic E-state index is 0.0821. The lowest BCUT2D eigenvalue weighted by atomic mass is 10.1. The zero-order chi connectivity index (χ0) is 12.3. The van der Waals surface area contributed by atoms with Crippen LogP contribution >= 0.6 is 0 Å². The summed E-state index contributed by atoms with van der Waals surface area (Å²) in [5, 5.41) is 0. The number of benzene rings is 1. The van der Waals surface area contributed by atoms with E-state index < -0.39 is 0 Å². The van der Waals surface area contributed by atoms with Gasteiger partial charge in [-0.25, -0.2) is 0 Å². The number of rotatable bonds is 2. The number of hydrogen-bond acceptors (Lipinski definition) is 2. The topological polar surface area (TPSA) is 26.3 Å². The van der Waals surface area contributed by atoms with Crippen molar-refractivity contribution in [1.29, 1.82) is 0 Å². The van der Waals surface area contributed by atoms with Crippen LogP contribution < -0.4 is 10.2 Å². The van der Waals surface area contributed by atoms with E-state index in [0.717, 1.165) is 5.56 Å². The highest BCUT2D eigenvalue weighted by molar-refractivity contribution is 5.64. The highest BCUT2D eigenvalue weighted by Gasteiger charge is 2.05. The molecule has 0 aliphatic heterocycles. The summed E-state index contributed by atoms with van der Waals surface area (Å²) in [5.74, 6) is 0.366. The van der Waals surface area contributed by atoms with Gasteiger partial charge in [-0.1, -0.05) is 48.0 Å². The van der Waals surface area contributed by atoms with E-state index in [1.54, 1.807) is 12.1 Å². The first-order chi connectivity index (χ1) is 8.22. The van der Waals surface area contributed by atoms with Crippen LogP contribution in [0.5, 0.6) is 5.75 Å². The molecule has 0 radical (unpaired) electrons. The van der Waals surface area contributed by atoms with Crippen LogP contribution in [0.1, 0.15) is 5.56 Å². The van der Waals surface area contributed by atoms with E-state index in [1.807, 2.05) is 43.3 Å². The molecule has 0 saturated heterocycles. The molecule has 0 fully saturated rings. The number of ether oxygens (including phenoxy) is 1. The van der Waals surface area contributed by atoms with Crippen LogP contribution in [-0.2, 0) is 0 Å². The summed E-state index contributed by atoms with van der Waals surface area (Å²) in [6.07, 6.45) is 0. The lowest BCUT2D eigenvalue weighted by Gasteiger charge is -2.00. The lowest BCUT2D eigenvalue weighted by Crippen LogP contribution is -2.04. The molecule has 0 aliphatic rings. The van der Waals surface area contributed by atoms with Crippen molar-refractivity contribution < 1.29 is 4.74 Å². The molecule has 0 aliphatic carbocycles. The molecular formula is C15H14O2. The van der Waals surface area contributed by atoms with E-state index in [9.17, 15) is 4.79 Å². The number of aryl methyl sites for hydroxylation is 1. The third kappa shape index (κ3) is 2.36. The maximum Gasteiger partial charge on any atom is 0.228 e. The fourth-order valence-corrected chi connectivity index (χ4v) is 1.70. The van der Waals surface area contributed by atoms with Crippen molar-refractivity contribution in [3.63, 3.8) is 0 Å². The fourth-order valence-electron chi connectivity index (χ4n) is 1.70. The molecule has 0 N–H and O–H groups in total. The Balaban J connectivity index is 2.64. The first-order valence-corrected chi connectivity index (χ1v) is 5.47. The van der Waals surface area contributed by atoms with E-state index in [2.05, 4.69) is 0 Å². The van der Waals surface area contributed by atoms with Gasteiger partial charge in [-0.15, -0.1) is 0 Å². The zero-order valence-electron chi connectivity index (χ0n) is 9.94. The molecule has 0 spiro atoms. The third-order valence-corrected chi connectivity index (χ3v) is 2.67. The van der Waals surface area contributed by atoms with Crippen LogP contribution in [0.3, 0.4) is 0 Å². The smallest absolute Gasteiger partial charge is 0.228 e. The van der Waals surface area contributed by atoms with Gasteiger partial charge in [-0.2, -0.15) is 0 Å². The minimum Gasteiger partial charge on any atom is -0.493 e. The van der Waals surface area contributed by atoms with Gasteiger partial charge in [0.25, 0.3) is 0 Å². The van der Waals surface area contributed by atoms with Crippen LogP contribution in [0.4, 0.5) is 0 Å². The summed E-state index contributed by atoms with van der Waals surface area (Å²) in [6, 6.07) is 15.0. The van der Waals surface area contributed by atoms with Gasteiger partial charge in [0.2, 0.25) is 5.43 Å². The standard InChI is InChI=1S/C15H14O2/c1-11-7-9-12(10-8-11)13-5-3-4-6-14(17-2)15(13)16/h3-10H,1-2H3. The molecule has 0 saturated carbocycles. The van der Waals surface area contributed by atoms with Crippen molar-refractivity contribution in [2.75, 3.05) is 7.11 Å². The van der Waals surface area contributed by atoms with Gasteiger partial charge >= 0.3 is 0 Å². The Morgan fingerprint density at radius 1 is 0.941 bits per heavy atom. The number of hydrogen-bond donors (Lipinski definition) is 0. The van der Waals surface area contributed by atoms with E-state index in [1.165, 1.54) is 12.7 Å². The largest absolute Gasteiger partial charge is 0.493 e. The predicted molar refractivity (Wildman–Crippen MR) is 69.4 cm³/mol. The van der Waals surface area contributed by atoms with Gasteiger partial charge in [-0.05, 0) is 18.6 Å². The Kier molecular flexibility index (Phi) is 3.24. The second-order valence-corrected chi connectivity index (χ2v) is 3.90. The molecule has 2 aromatic carbocycles. The summed E-state index contributed by atoms with van der Waals surface area (Å²) in [4.78, 5) is 12.2. The van der Waals surface area contributed by atoms with Gasteiger partial charge in [0.05, 0.1) is 7.11 Å². The Labute approximate surface area is 101 Å². The van der Waals surface area contributed by atoms with Crippen molar-refractivity contribution >= 4 is 0 Å². The zero-order valence-corrected chi connectivity index (χ0v) is 9.94. The normalized spacial score (nSPS) is 10.0. The molecule has 2 aromatic rings. The van der Waals surface area contributed by atoms with Crippen molar-refractivity contribution in [3.8, 4) is 16.9 Å². The van der Waals surface area contributed by atoms with Gasteiger partial charge in [0, 0.05) is 5.56 Å². The Morgan fingerprint density at radius 2 is 1.59 bits per heavy atom.